The number of methoxy groups -OCH3 is 1. The molecule has 3 saturated heterocycles. The van der Waals surface area contributed by atoms with Crippen molar-refractivity contribution in [2.24, 2.45) is 11.3 Å². The Hall–Kier alpha value is -6.10. The highest BCUT2D eigenvalue weighted by Crippen LogP contribution is 2.42. The molecule has 4 aliphatic heterocycles. The van der Waals surface area contributed by atoms with Gasteiger partial charge < -0.3 is 38.8 Å². The van der Waals surface area contributed by atoms with Crippen molar-refractivity contribution >= 4 is 40.6 Å². The van der Waals surface area contributed by atoms with Crippen molar-refractivity contribution in [1.82, 2.24) is 40.0 Å². The maximum absolute atomic E-state index is 14.8. The first-order valence-corrected chi connectivity index (χ1v) is 24.4. The molecule has 0 aliphatic carbocycles. The van der Waals surface area contributed by atoms with Gasteiger partial charge in [0.25, 0.3) is 5.91 Å². The third-order valence-corrected chi connectivity index (χ3v) is 14.3. The van der Waals surface area contributed by atoms with Crippen LogP contribution in [0.1, 0.15) is 77.3 Å². The fourth-order valence-corrected chi connectivity index (χ4v) is 10.7. The summed E-state index contributed by atoms with van der Waals surface area (Å²) >= 11 is 0. The van der Waals surface area contributed by atoms with Crippen molar-refractivity contribution in [2.75, 3.05) is 53.6 Å². The SMILES string of the molecule is C=CC(=O)N1CCO[C@H]2CN(C(=O)N(C)C(C(=O)N[C@H]3Cc4cccc(c4)-c4ccc5c(c4)c(c(-c4cccnc4[C@H](C)OC)n5CC)CC(C)(C)COC(=O)[C@@H]4CCCN(N4)C3=O)C(C)C)C[C@H]21. The molecule has 6 atom stereocenters. The van der Waals surface area contributed by atoms with E-state index in [1.165, 1.54) is 16.0 Å². The van der Waals surface area contributed by atoms with E-state index < -0.39 is 41.3 Å². The number of likely N-dealkylation sites (N-methyl/N-ethyl adjacent to an activating group) is 1. The van der Waals surface area contributed by atoms with Crippen molar-refractivity contribution in [2.45, 2.75) is 110 Å². The highest BCUT2D eigenvalue weighted by Gasteiger charge is 2.46. The van der Waals surface area contributed by atoms with Crippen molar-refractivity contribution < 1.29 is 38.2 Å². The topological polar surface area (TPSA) is 168 Å². The first kappa shape index (κ1) is 49.3. The van der Waals surface area contributed by atoms with Gasteiger partial charge in [-0.3, -0.25) is 29.2 Å². The Morgan fingerprint density at radius 2 is 1.84 bits per heavy atom. The number of nitrogens with one attached hydrogen (secondary N) is 2. The van der Waals surface area contributed by atoms with Crippen LogP contribution >= 0.6 is 0 Å². The zero-order chi connectivity index (χ0) is 49.3. The molecule has 4 aliphatic rings. The van der Waals surface area contributed by atoms with Gasteiger partial charge in [0.2, 0.25) is 11.8 Å². The van der Waals surface area contributed by atoms with Crippen molar-refractivity contribution in [3.63, 3.8) is 0 Å². The van der Waals surface area contributed by atoms with Crippen molar-refractivity contribution in [3.8, 4) is 22.4 Å². The molecule has 4 aromatic rings. The first-order valence-electron chi connectivity index (χ1n) is 24.4. The van der Waals surface area contributed by atoms with E-state index in [9.17, 15) is 24.0 Å². The van der Waals surface area contributed by atoms with Crippen LogP contribution in [0.4, 0.5) is 4.79 Å². The fourth-order valence-electron chi connectivity index (χ4n) is 10.7. The van der Waals surface area contributed by atoms with Gasteiger partial charge in [0.1, 0.15) is 18.1 Å². The summed E-state index contributed by atoms with van der Waals surface area (Å²) in [6.45, 7) is 18.1. The average molecular weight is 945 g/mol. The van der Waals surface area contributed by atoms with Gasteiger partial charge in [-0.15, -0.1) is 0 Å². The summed E-state index contributed by atoms with van der Waals surface area (Å²) in [6, 6.07) is 15.0. The van der Waals surface area contributed by atoms with E-state index >= 15 is 0 Å². The van der Waals surface area contributed by atoms with Gasteiger partial charge in [0, 0.05) is 74.8 Å². The average Bonchev–Trinajstić information content (AvgIpc) is 3.93. The first-order chi connectivity index (χ1) is 33.0. The van der Waals surface area contributed by atoms with Crippen molar-refractivity contribution in [3.05, 3.63) is 90.3 Å². The second-order valence-electron chi connectivity index (χ2n) is 20.0. The molecule has 368 valence electrons. The van der Waals surface area contributed by atoms with Gasteiger partial charge in [-0.2, -0.15) is 0 Å². The predicted octanol–water partition coefficient (Wildman–Crippen LogP) is 5.92. The number of urea groups is 1. The van der Waals surface area contributed by atoms with Crippen LogP contribution in [0, 0.1) is 11.3 Å². The maximum atomic E-state index is 14.8. The number of carbonyl (C=O) groups excluding carboxylic acids is 5. The number of carbonyl (C=O) groups is 5. The number of nitrogens with zero attached hydrogens (tertiary/aromatic N) is 6. The molecule has 69 heavy (non-hydrogen) atoms. The molecule has 16 heteroatoms. The molecule has 2 aromatic heterocycles. The summed E-state index contributed by atoms with van der Waals surface area (Å²) in [5.41, 5.74) is 10.4. The van der Waals surface area contributed by atoms with Gasteiger partial charge >= 0.3 is 12.0 Å². The van der Waals surface area contributed by atoms with E-state index in [0.29, 0.717) is 45.5 Å². The molecule has 0 saturated carbocycles. The lowest BCUT2D eigenvalue weighted by atomic mass is 9.84. The number of hydrogen-bond donors (Lipinski definition) is 2. The number of ether oxygens (including phenoxy) is 3. The molecule has 0 spiro atoms. The molecule has 0 radical (unpaired) electrons. The molecule has 1 unspecified atom stereocenters. The summed E-state index contributed by atoms with van der Waals surface area (Å²) in [6.07, 6.45) is 4.17. The Balaban J connectivity index is 1.15. The molecule has 2 aromatic carbocycles. The van der Waals surface area contributed by atoms with E-state index in [-0.39, 0.29) is 62.2 Å². The minimum absolute atomic E-state index is 0.130. The molecule has 6 heterocycles. The molecule has 3 fully saturated rings. The number of hydrogen-bond acceptors (Lipinski definition) is 10. The zero-order valence-corrected chi connectivity index (χ0v) is 41.3. The number of aryl methyl sites for hydroxylation is 1. The number of hydrazine groups is 1. The second kappa shape index (κ2) is 20.5. The van der Waals surface area contributed by atoms with Crippen LogP contribution in [0.5, 0.6) is 0 Å². The lowest BCUT2D eigenvalue weighted by Crippen LogP contribution is -2.62. The summed E-state index contributed by atoms with van der Waals surface area (Å²) in [7, 11) is 3.28. The monoisotopic (exact) mass is 945 g/mol. The van der Waals surface area contributed by atoms with Gasteiger partial charge in [-0.05, 0) is 91.6 Å². The third kappa shape index (κ3) is 10.0. The second-order valence-corrected chi connectivity index (χ2v) is 20.0. The largest absolute Gasteiger partial charge is 0.464 e. The number of aromatic nitrogens is 2. The Labute approximate surface area is 405 Å². The standard InChI is InChI=1S/C53H68N8O8/c1-10-45(62)60-23-24-68-44-30-58(29-43(44)60)52(66)57(8)47(32(3)4)49(63)55-41-26-34-15-12-16-35(25-34)36-19-20-42-38(27-36)39(48(59(42)11-2)37-17-13-21-54-46(37)33(5)67-9)28-53(6,7)31-69-51(65)40-18-14-22-61(56-40)50(41)64/h10,12-13,15-17,19-21,25,27,32-33,40-41,43-44,47,56H,1,11,14,18,22-24,26,28-31H2,2-9H3,(H,55,63)/t33-,40-,41-,43+,44-,47?/m0/s1. The Morgan fingerprint density at radius 3 is 2.58 bits per heavy atom. The van der Waals surface area contributed by atoms with Gasteiger partial charge in [0.15, 0.2) is 0 Å². The molecule has 16 nitrogen and oxygen atoms in total. The number of cyclic esters (lactones) is 1. The van der Waals surface area contributed by atoms with E-state index in [2.05, 4.69) is 79.1 Å². The lowest BCUT2D eigenvalue weighted by molar-refractivity contribution is -0.155. The number of rotatable bonds is 9. The number of likely N-dealkylation sites (tertiary alicyclic amines) is 1. The van der Waals surface area contributed by atoms with Crippen LogP contribution in [0.3, 0.4) is 0 Å². The molecular weight excluding hydrogens is 877 g/mol. The minimum Gasteiger partial charge on any atom is -0.464 e. The molecule has 6 bridgehead atoms. The Morgan fingerprint density at radius 1 is 1.06 bits per heavy atom. The van der Waals surface area contributed by atoms with Crippen LogP contribution in [-0.2, 0) is 52.8 Å². The van der Waals surface area contributed by atoms with Gasteiger partial charge in [-0.25, -0.2) is 10.2 Å². The third-order valence-electron chi connectivity index (χ3n) is 14.3. The molecule has 5 amide bonds. The summed E-state index contributed by atoms with van der Waals surface area (Å²) < 4.78 is 20.3. The fraction of sp³-hybridized carbons (Fsp3) is 0.509. The molecule has 8 rings (SSSR count). The van der Waals surface area contributed by atoms with Crippen molar-refractivity contribution in [1.29, 1.82) is 0 Å². The highest BCUT2D eigenvalue weighted by molar-refractivity contribution is 5.96. The minimum atomic E-state index is -1.07. The van der Waals surface area contributed by atoms with E-state index in [1.807, 2.05) is 39.0 Å². The van der Waals surface area contributed by atoms with Crippen LogP contribution in [0.15, 0.2) is 73.4 Å². The van der Waals surface area contributed by atoms with E-state index in [4.69, 9.17) is 19.2 Å². The van der Waals surface area contributed by atoms with Crippen LogP contribution < -0.4 is 10.7 Å². The summed E-state index contributed by atoms with van der Waals surface area (Å²) in [5.74, 6) is -1.92. The van der Waals surface area contributed by atoms with E-state index in [1.54, 1.807) is 30.2 Å². The summed E-state index contributed by atoms with van der Waals surface area (Å²) in [4.78, 5) is 79.9. The quantitative estimate of drug-likeness (QED) is 0.152. The number of esters is 1. The maximum Gasteiger partial charge on any atom is 0.324 e. The molecular formula is C53H68N8O8. The van der Waals surface area contributed by atoms with Crippen LogP contribution in [0.25, 0.3) is 33.3 Å². The van der Waals surface area contributed by atoms with Gasteiger partial charge in [-0.1, -0.05) is 64.6 Å². The molecule has 2 N–H and O–H groups in total. The Kier molecular flexibility index (Phi) is 14.6. The predicted molar refractivity (Wildman–Crippen MR) is 262 cm³/mol. The Bertz CT molecular complexity index is 2610. The van der Waals surface area contributed by atoms with Gasteiger partial charge in [0.05, 0.1) is 49.4 Å². The smallest absolute Gasteiger partial charge is 0.324 e. The normalized spacial score (nSPS) is 22.7. The van der Waals surface area contributed by atoms with Crippen LogP contribution in [-0.4, -0.2) is 143 Å². The highest BCUT2D eigenvalue weighted by atomic mass is 16.5. The lowest BCUT2D eigenvalue weighted by Gasteiger charge is -2.37. The number of amides is 5. The zero-order valence-electron chi connectivity index (χ0n) is 41.3. The number of benzene rings is 2. The number of pyridine rings is 1. The number of fused-ring (bicyclic) bond motifs is 7. The number of morpholine rings is 1. The summed E-state index contributed by atoms with van der Waals surface area (Å²) in [5, 5.41) is 5.58. The van der Waals surface area contributed by atoms with Crippen LogP contribution in [0.2, 0.25) is 0 Å². The van der Waals surface area contributed by atoms with E-state index in [0.717, 1.165) is 50.1 Å².